The Kier molecular flexibility index (Phi) is 5.37. The first kappa shape index (κ1) is 17.5. The van der Waals surface area contributed by atoms with Gasteiger partial charge in [0.05, 0.1) is 0 Å². The fourth-order valence-corrected chi connectivity index (χ4v) is 3.38. The van der Waals surface area contributed by atoms with Crippen LogP contribution in [-0.4, -0.2) is 42.5 Å². The van der Waals surface area contributed by atoms with Crippen molar-refractivity contribution in [1.29, 1.82) is 0 Å². The predicted molar refractivity (Wildman–Crippen MR) is 102 cm³/mol. The van der Waals surface area contributed by atoms with Crippen LogP contribution in [0.1, 0.15) is 47.2 Å². The highest BCUT2D eigenvalue weighted by Crippen LogP contribution is 2.28. The first-order valence-corrected chi connectivity index (χ1v) is 9.11. The van der Waals surface area contributed by atoms with E-state index >= 15 is 0 Å². The molecule has 3 rings (SSSR count). The molecule has 1 aromatic heterocycles. The summed E-state index contributed by atoms with van der Waals surface area (Å²) in [6.07, 6.45) is 3.93. The molecule has 2 heterocycles. The van der Waals surface area contributed by atoms with E-state index in [4.69, 9.17) is 0 Å². The van der Waals surface area contributed by atoms with Gasteiger partial charge in [0.1, 0.15) is 5.82 Å². The molecule has 0 aliphatic carbocycles. The van der Waals surface area contributed by atoms with E-state index in [0.29, 0.717) is 5.92 Å². The molecule has 1 aliphatic rings. The molecular formula is C21H27N3O. The lowest BCUT2D eigenvalue weighted by Gasteiger charge is -2.33. The van der Waals surface area contributed by atoms with Crippen LogP contribution in [0.15, 0.2) is 42.6 Å². The number of rotatable bonds is 4. The number of hydrogen-bond acceptors (Lipinski definition) is 3. The number of anilines is 1. The Balaban J connectivity index is 1.75. The van der Waals surface area contributed by atoms with Gasteiger partial charge in [0.2, 0.25) is 0 Å². The summed E-state index contributed by atoms with van der Waals surface area (Å²) in [6.45, 7) is 6.68. The van der Waals surface area contributed by atoms with Gasteiger partial charge in [-0.2, -0.15) is 0 Å². The highest BCUT2D eigenvalue weighted by molar-refractivity contribution is 5.95. The topological polar surface area (TPSA) is 36.4 Å². The third kappa shape index (κ3) is 4.01. The van der Waals surface area contributed by atoms with Crippen LogP contribution in [0.4, 0.5) is 5.82 Å². The number of pyridine rings is 1. The highest BCUT2D eigenvalue weighted by Gasteiger charge is 2.25. The first-order valence-electron chi connectivity index (χ1n) is 9.11. The third-order valence-corrected chi connectivity index (χ3v) is 5.12. The van der Waals surface area contributed by atoms with Crippen molar-refractivity contribution < 1.29 is 4.79 Å². The molecule has 1 amide bonds. The molecule has 0 saturated carbocycles. The van der Waals surface area contributed by atoms with Gasteiger partial charge in [-0.3, -0.25) is 4.79 Å². The minimum absolute atomic E-state index is 0.116. The number of benzene rings is 1. The van der Waals surface area contributed by atoms with Gasteiger partial charge in [-0.15, -0.1) is 0 Å². The van der Waals surface area contributed by atoms with Gasteiger partial charge in [-0.05, 0) is 44.4 Å². The zero-order valence-corrected chi connectivity index (χ0v) is 15.4. The quantitative estimate of drug-likeness (QED) is 0.850. The van der Waals surface area contributed by atoms with Crippen LogP contribution >= 0.6 is 0 Å². The molecule has 0 spiro atoms. The Bertz CT molecular complexity index is 726. The molecule has 1 fully saturated rings. The number of nitrogens with zero attached hydrogens (tertiary/aromatic N) is 3. The summed E-state index contributed by atoms with van der Waals surface area (Å²) in [5.41, 5.74) is 3.34. The Morgan fingerprint density at radius 3 is 2.76 bits per heavy atom. The van der Waals surface area contributed by atoms with E-state index in [-0.39, 0.29) is 5.91 Å². The summed E-state index contributed by atoms with van der Waals surface area (Å²) in [5, 5.41) is 0. The van der Waals surface area contributed by atoms with Crippen molar-refractivity contribution in [3.8, 4) is 0 Å². The second-order valence-corrected chi connectivity index (χ2v) is 6.92. The normalized spacial score (nSPS) is 17.4. The molecule has 4 heteroatoms. The molecule has 0 unspecified atom stereocenters. The van der Waals surface area contributed by atoms with E-state index in [1.165, 1.54) is 11.1 Å². The van der Waals surface area contributed by atoms with Crippen LogP contribution in [0.5, 0.6) is 0 Å². The van der Waals surface area contributed by atoms with Crippen molar-refractivity contribution >= 4 is 11.7 Å². The molecule has 25 heavy (non-hydrogen) atoms. The van der Waals surface area contributed by atoms with E-state index < -0.39 is 0 Å². The summed E-state index contributed by atoms with van der Waals surface area (Å²) in [4.78, 5) is 21.4. The molecule has 0 N–H and O–H groups in total. The number of aromatic nitrogens is 1. The zero-order valence-electron chi connectivity index (χ0n) is 15.4. The van der Waals surface area contributed by atoms with Gasteiger partial charge in [0, 0.05) is 44.4 Å². The van der Waals surface area contributed by atoms with Crippen LogP contribution in [0, 0.1) is 6.92 Å². The number of carbonyl (C=O) groups excluding carboxylic acids is 1. The smallest absolute Gasteiger partial charge is 0.254 e. The van der Waals surface area contributed by atoms with Crippen LogP contribution in [0.25, 0.3) is 0 Å². The van der Waals surface area contributed by atoms with Crippen molar-refractivity contribution in [1.82, 2.24) is 9.88 Å². The van der Waals surface area contributed by atoms with E-state index in [2.05, 4.69) is 43.1 Å². The average molecular weight is 337 g/mol. The van der Waals surface area contributed by atoms with Crippen LogP contribution in [0.3, 0.4) is 0 Å². The van der Waals surface area contributed by atoms with Crippen LogP contribution < -0.4 is 4.90 Å². The maximum Gasteiger partial charge on any atom is 0.254 e. The Labute approximate surface area is 150 Å². The first-order chi connectivity index (χ1) is 12.1. The molecular weight excluding hydrogens is 310 g/mol. The minimum Gasteiger partial charge on any atom is -0.360 e. The van der Waals surface area contributed by atoms with Gasteiger partial charge in [0.25, 0.3) is 5.91 Å². The fraction of sp³-hybridized carbons (Fsp3) is 0.429. The number of amides is 1. The van der Waals surface area contributed by atoms with Crippen molar-refractivity contribution in [3.05, 3.63) is 59.3 Å². The van der Waals surface area contributed by atoms with E-state index in [1.807, 2.05) is 29.0 Å². The number of aryl methyl sites for hydroxylation is 1. The maximum atomic E-state index is 13.0. The Morgan fingerprint density at radius 2 is 2.04 bits per heavy atom. The predicted octanol–water partition coefficient (Wildman–Crippen LogP) is 3.87. The molecule has 132 valence electrons. The standard InChI is InChI=1S/C21H27N3O/c1-4-23(3)20-14-18(11-12-22-20)21(25)24-13-5-6-19(15-24)17-9-7-16(2)8-10-17/h7-12,14,19H,4-6,13,15H2,1-3H3/t19-/m1/s1. The van der Waals surface area contributed by atoms with Crippen LogP contribution in [-0.2, 0) is 0 Å². The lowest BCUT2D eigenvalue weighted by molar-refractivity contribution is 0.0707. The molecule has 1 aliphatic heterocycles. The van der Waals surface area contributed by atoms with Gasteiger partial charge in [0.15, 0.2) is 0 Å². The van der Waals surface area contributed by atoms with E-state index in [0.717, 1.165) is 43.9 Å². The SMILES string of the molecule is CCN(C)c1cc(C(=O)N2CCC[C@@H](c3ccc(C)cc3)C2)ccn1. The maximum absolute atomic E-state index is 13.0. The van der Waals surface area contributed by atoms with Crippen molar-refractivity contribution in [2.45, 2.75) is 32.6 Å². The monoisotopic (exact) mass is 337 g/mol. The van der Waals surface area contributed by atoms with Gasteiger partial charge in [-0.1, -0.05) is 29.8 Å². The third-order valence-electron chi connectivity index (χ3n) is 5.12. The number of carbonyl (C=O) groups is 1. The molecule has 4 nitrogen and oxygen atoms in total. The molecule has 0 bridgehead atoms. The number of hydrogen-bond donors (Lipinski definition) is 0. The summed E-state index contributed by atoms with van der Waals surface area (Å²) >= 11 is 0. The second kappa shape index (κ2) is 7.68. The molecule has 2 aromatic rings. The molecule has 0 radical (unpaired) electrons. The number of likely N-dealkylation sites (tertiary alicyclic amines) is 1. The van der Waals surface area contributed by atoms with Gasteiger partial charge in [-0.25, -0.2) is 4.98 Å². The fourth-order valence-electron chi connectivity index (χ4n) is 3.38. The minimum atomic E-state index is 0.116. The molecule has 1 saturated heterocycles. The van der Waals surface area contributed by atoms with E-state index in [1.54, 1.807) is 6.20 Å². The largest absolute Gasteiger partial charge is 0.360 e. The summed E-state index contributed by atoms with van der Waals surface area (Å²) < 4.78 is 0. The Hall–Kier alpha value is -2.36. The van der Waals surface area contributed by atoms with Crippen molar-refractivity contribution in [2.75, 3.05) is 31.6 Å². The second-order valence-electron chi connectivity index (χ2n) is 6.92. The van der Waals surface area contributed by atoms with Gasteiger partial charge < -0.3 is 9.80 Å². The zero-order chi connectivity index (χ0) is 17.8. The lowest BCUT2D eigenvalue weighted by Crippen LogP contribution is -2.39. The van der Waals surface area contributed by atoms with Gasteiger partial charge >= 0.3 is 0 Å². The summed E-state index contributed by atoms with van der Waals surface area (Å²) in [5.74, 6) is 1.39. The Morgan fingerprint density at radius 1 is 1.28 bits per heavy atom. The number of piperidine rings is 1. The molecule has 1 atom stereocenters. The molecule has 1 aromatic carbocycles. The summed E-state index contributed by atoms with van der Waals surface area (Å²) in [7, 11) is 1.99. The summed E-state index contributed by atoms with van der Waals surface area (Å²) in [6, 6.07) is 12.5. The van der Waals surface area contributed by atoms with E-state index in [9.17, 15) is 4.79 Å². The van der Waals surface area contributed by atoms with Crippen molar-refractivity contribution in [2.24, 2.45) is 0 Å². The van der Waals surface area contributed by atoms with Crippen LogP contribution in [0.2, 0.25) is 0 Å². The highest BCUT2D eigenvalue weighted by atomic mass is 16.2. The lowest BCUT2D eigenvalue weighted by atomic mass is 9.90. The van der Waals surface area contributed by atoms with Crippen molar-refractivity contribution in [3.63, 3.8) is 0 Å². The average Bonchev–Trinajstić information content (AvgIpc) is 2.67.